The van der Waals surface area contributed by atoms with E-state index in [1.54, 1.807) is 0 Å². The number of nitrogens with one attached hydrogen (secondary N) is 1. The molecule has 27 heavy (non-hydrogen) atoms. The molecule has 0 saturated heterocycles. The van der Waals surface area contributed by atoms with Crippen LogP contribution in [0.25, 0.3) is 0 Å². The van der Waals surface area contributed by atoms with Gasteiger partial charge in [-0.05, 0) is 44.4 Å². The number of halogens is 1. The largest absolute Gasteiger partial charge is 0.373 e. The normalized spacial score (nSPS) is 21.9. The number of aromatic nitrogens is 1. The maximum Gasteiger partial charge on any atom is 0.225 e. The van der Waals surface area contributed by atoms with E-state index in [4.69, 9.17) is 0 Å². The third kappa shape index (κ3) is 3.94. The van der Waals surface area contributed by atoms with Crippen molar-refractivity contribution < 1.29 is 14.3 Å². The van der Waals surface area contributed by atoms with E-state index in [0.29, 0.717) is 23.6 Å². The average Bonchev–Trinajstić information content (AvgIpc) is 2.59. The van der Waals surface area contributed by atoms with Gasteiger partial charge in [-0.1, -0.05) is 13.0 Å². The van der Waals surface area contributed by atoms with Crippen molar-refractivity contribution in [1.29, 1.82) is 0 Å². The van der Waals surface area contributed by atoms with E-state index in [2.05, 4.69) is 10.3 Å². The highest BCUT2D eigenvalue weighted by Crippen LogP contribution is 2.41. The maximum atomic E-state index is 14.0. The van der Waals surface area contributed by atoms with Crippen molar-refractivity contribution >= 4 is 17.4 Å². The number of carbonyl (C=O) groups is 1. The number of aliphatic hydroxyl groups excluding tert-OH is 1. The molecule has 0 aliphatic carbocycles. The van der Waals surface area contributed by atoms with Crippen LogP contribution in [0, 0.1) is 11.7 Å². The first kappa shape index (κ1) is 19.3. The first-order chi connectivity index (χ1) is 12.8. The Bertz CT molecular complexity index is 842. The fraction of sp³-hybridized carbons (Fsp3) is 0.400. The number of rotatable bonds is 4. The molecule has 2 N–H and O–H groups in total. The maximum absolute atomic E-state index is 14.0. The van der Waals surface area contributed by atoms with Crippen molar-refractivity contribution in [2.45, 2.75) is 32.7 Å². The summed E-state index contributed by atoms with van der Waals surface area (Å²) in [5.41, 5.74) is 2.04. The van der Waals surface area contributed by atoms with Crippen molar-refractivity contribution in [3.63, 3.8) is 0 Å². The number of anilines is 2. The first-order valence-electron chi connectivity index (χ1n) is 8.92. The molecule has 6 nitrogen and oxygen atoms in total. The highest BCUT2D eigenvalue weighted by atomic mass is 19.1. The smallest absolute Gasteiger partial charge is 0.225 e. The van der Waals surface area contributed by atoms with E-state index >= 15 is 0 Å². The molecule has 1 aliphatic rings. The van der Waals surface area contributed by atoms with Gasteiger partial charge in [-0.3, -0.25) is 9.69 Å². The van der Waals surface area contributed by atoms with Gasteiger partial charge in [-0.15, -0.1) is 0 Å². The van der Waals surface area contributed by atoms with E-state index in [0.717, 1.165) is 5.69 Å². The monoisotopic (exact) mass is 372 g/mol. The lowest BCUT2D eigenvalue weighted by Crippen LogP contribution is -2.50. The van der Waals surface area contributed by atoms with E-state index in [1.807, 2.05) is 44.1 Å². The lowest BCUT2D eigenvalue weighted by Gasteiger charge is -2.42. The zero-order valence-electron chi connectivity index (χ0n) is 16.0. The fourth-order valence-corrected chi connectivity index (χ4v) is 3.52. The second-order valence-electron chi connectivity index (χ2n) is 7.24. The molecule has 0 spiro atoms. The minimum atomic E-state index is -1.01. The minimum absolute atomic E-state index is 0.285. The van der Waals surface area contributed by atoms with Gasteiger partial charge in [0.05, 0.1) is 17.4 Å². The van der Waals surface area contributed by atoms with Gasteiger partial charge in [0.25, 0.3) is 0 Å². The van der Waals surface area contributed by atoms with Gasteiger partial charge >= 0.3 is 0 Å². The third-order valence-corrected chi connectivity index (χ3v) is 4.77. The van der Waals surface area contributed by atoms with Crippen LogP contribution in [-0.2, 0) is 11.3 Å². The molecule has 0 radical (unpaired) electrons. The standard InChI is InChI=1S/C20H25FN4O2/c1-12-19(23-18-7-5-6-15(22-18)11-24(3)4)16-10-14(21)8-9-17(16)25(13(2)26)20(12)27/h5-10,12,19-20,27H,11H2,1-4H3,(H,22,23)/t12-,19-,20+/m1/s1. The second kappa shape index (κ2) is 7.62. The Labute approximate surface area is 158 Å². The summed E-state index contributed by atoms with van der Waals surface area (Å²) in [5.74, 6) is -0.388. The Morgan fingerprint density at radius 3 is 2.74 bits per heavy atom. The van der Waals surface area contributed by atoms with Gasteiger partial charge < -0.3 is 15.3 Å². The SMILES string of the molecule is CC(=O)N1c2ccc(F)cc2[C@H](Nc2cccc(CN(C)C)n2)[C@@H](C)[C@@H]1O. The molecule has 1 amide bonds. The summed E-state index contributed by atoms with van der Waals surface area (Å²) < 4.78 is 14.0. The van der Waals surface area contributed by atoms with E-state index in [-0.39, 0.29) is 23.7 Å². The summed E-state index contributed by atoms with van der Waals surface area (Å²) in [4.78, 5) is 20.0. The van der Waals surface area contributed by atoms with Gasteiger partial charge in [-0.2, -0.15) is 0 Å². The summed E-state index contributed by atoms with van der Waals surface area (Å²) in [5, 5.41) is 14.0. The number of carbonyl (C=O) groups excluding carboxylic acids is 1. The van der Waals surface area contributed by atoms with Crippen LogP contribution in [0.5, 0.6) is 0 Å². The fourth-order valence-electron chi connectivity index (χ4n) is 3.52. The molecule has 2 heterocycles. The molecule has 144 valence electrons. The molecule has 0 fully saturated rings. The van der Waals surface area contributed by atoms with Crippen LogP contribution in [-0.4, -0.2) is 41.2 Å². The Morgan fingerprint density at radius 2 is 2.07 bits per heavy atom. The lowest BCUT2D eigenvalue weighted by molar-refractivity contribution is -0.119. The summed E-state index contributed by atoms with van der Waals surface area (Å²) in [6.45, 7) is 3.92. The average molecular weight is 372 g/mol. The molecular formula is C20H25FN4O2. The van der Waals surface area contributed by atoms with Crippen LogP contribution in [0.4, 0.5) is 15.9 Å². The number of pyridine rings is 1. The number of nitrogens with zero attached hydrogens (tertiary/aromatic N) is 3. The van der Waals surface area contributed by atoms with Crippen LogP contribution < -0.4 is 10.2 Å². The van der Waals surface area contributed by atoms with Crippen molar-refractivity contribution in [1.82, 2.24) is 9.88 Å². The molecule has 7 heteroatoms. The van der Waals surface area contributed by atoms with Crippen LogP contribution in [0.3, 0.4) is 0 Å². The molecule has 0 unspecified atom stereocenters. The van der Waals surface area contributed by atoms with E-state index < -0.39 is 6.23 Å². The Kier molecular flexibility index (Phi) is 5.43. The second-order valence-corrected chi connectivity index (χ2v) is 7.24. The molecule has 0 saturated carbocycles. The van der Waals surface area contributed by atoms with Gasteiger partial charge in [0, 0.05) is 24.9 Å². The van der Waals surface area contributed by atoms with Crippen LogP contribution in [0.15, 0.2) is 36.4 Å². The molecule has 3 atom stereocenters. The molecule has 1 aromatic heterocycles. The zero-order chi connectivity index (χ0) is 19.7. The van der Waals surface area contributed by atoms with Crippen molar-refractivity contribution in [2.75, 3.05) is 24.3 Å². The predicted octanol–water partition coefficient (Wildman–Crippen LogP) is 2.76. The zero-order valence-corrected chi connectivity index (χ0v) is 16.0. The molecule has 2 aromatic rings. The van der Waals surface area contributed by atoms with Crippen LogP contribution >= 0.6 is 0 Å². The van der Waals surface area contributed by atoms with Crippen LogP contribution in [0.1, 0.15) is 31.1 Å². The number of hydrogen-bond acceptors (Lipinski definition) is 5. The molecule has 3 rings (SSSR count). The number of amides is 1. The number of benzene rings is 1. The topological polar surface area (TPSA) is 68.7 Å². The number of aliphatic hydroxyl groups is 1. The molecular weight excluding hydrogens is 347 g/mol. The predicted molar refractivity (Wildman–Crippen MR) is 103 cm³/mol. The molecule has 1 aliphatic heterocycles. The van der Waals surface area contributed by atoms with Crippen molar-refractivity contribution in [2.24, 2.45) is 5.92 Å². The Balaban J connectivity index is 1.99. The number of hydrogen-bond donors (Lipinski definition) is 2. The van der Waals surface area contributed by atoms with Gasteiger partial charge in [-0.25, -0.2) is 9.37 Å². The third-order valence-electron chi connectivity index (χ3n) is 4.77. The lowest BCUT2D eigenvalue weighted by atomic mass is 9.86. The summed E-state index contributed by atoms with van der Waals surface area (Å²) in [6.07, 6.45) is -1.01. The highest BCUT2D eigenvalue weighted by molar-refractivity contribution is 5.93. The Hall–Kier alpha value is -2.51. The van der Waals surface area contributed by atoms with Crippen molar-refractivity contribution in [3.8, 4) is 0 Å². The van der Waals surface area contributed by atoms with E-state index in [9.17, 15) is 14.3 Å². The van der Waals surface area contributed by atoms with Gasteiger partial charge in [0.2, 0.25) is 5.91 Å². The summed E-state index contributed by atoms with van der Waals surface area (Å²) >= 11 is 0. The van der Waals surface area contributed by atoms with Gasteiger partial charge in [0.1, 0.15) is 17.9 Å². The molecule has 1 aromatic carbocycles. The summed E-state index contributed by atoms with van der Waals surface area (Å²) in [7, 11) is 3.94. The quantitative estimate of drug-likeness (QED) is 0.864. The van der Waals surface area contributed by atoms with Crippen LogP contribution in [0.2, 0.25) is 0 Å². The van der Waals surface area contributed by atoms with Gasteiger partial charge in [0.15, 0.2) is 0 Å². The minimum Gasteiger partial charge on any atom is -0.373 e. The van der Waals surface area contributed by atoms with Crippen molar-refractivity contribution in [3.05, 3.63) is 53.5 Å². The molecule has 0 bridgehead atoms. The highest BCUT2D eigenvalue weighted by Gasteiger charge is 2.40. The summed E-state index contributed by atoms with van der Waals surface area (Å²) in [6, 6.07) is 9.55. The Morgan fingerprint density at radius 1 is 1.33 bits per heavy atom. The van der Waals surface area contributed by atoms with E-state index in [1.165, 1.54) is 30.0 Å². The first-order valence-corrected chi connectivity index (χ1v) is 8.92. The number of fused-ring (bicyclic) bond motifs is 1.